The van der Waals surface area contributed by atoms with Gasteiger partial charge in [0.2, 0.25) is 0 Å². The first-order chi connectivity index (χ1) is 10.0. The fourth-order valence-electron chi connectivity index (χ4n) is 1.81. The normalized spacial score (nSPS) is 16.5. The van der Waals surface area contributed by atoms with Gasteiger partial charge in [0.1, 0.15) is 4.91 Å². The fraction of sp³-hybridized carbons (Fsp3) is 0.333. The van der Waals surface area contributed by atoms with Gasteiger partial charge in [-0.3, -0.25) is 5.43 Å². The minimum absolute atomic E-state index is 0.331. The second-order valence-corrected chi connectivity index (χ2v) is 5.66. The first-order valence-corrected chi connectivity index (χ1v) is 7.57. The molecule has 1 aromatic carbocycles. The van der Waals surface area contributed by atoms with E-state index in [1.165, 1.54) is 17.3 Å². The summed E-state index contributed by atoms with van der Waals surface area (Å²) in [7, 11) is 0. The lowest BCUT2D eigenvalue weighted by Gasteiger charge is -2.21. The Morgan fingerprint density at radius 3 is 2.76 bits per heavy atom. The van der Waals surface area contributed by atoms with Gasteiger partial charge in [-0.1, -0.05) is 12.1 Å². The molecule has 21 heavy (non-hydrogen) atoms. The average molecular weight is 305 g/mol. The number of allylic oxidation sites excluding steroid dienone is 1. The van der Waals surface area contributed by atoms with E-state index < -0.39 is 0 Å². The van der Waals surface area contributed by atoms with Crippen LogP contribution >= 0.6 is 11.8 Å². The number of rotatable bonds is 3. The predicted octanol–water partition coefficient (Wildman–Crippen LogP) is 2.93. The Kier molecular flexibility index (Phi) is 4.90. The number of hydrazine groups is 1. The standard InChI is InChI=1S/C15H19N3O2S/c1-5-20-14(19)13-11(4)17-18-15(21-13)16-12-8-6-7-9(2)10(12)3/h6-8,17H,5H2,1-4H3,(H,16,18). The second-order valence-electron chi connectivity index (χ2n) is 4.66. The van der Waals surface area contributed by atoms with Gasteiger partial charge >= 0.3 is 5.97 Å². The molecule has 0 amide bonds. The van der Waals surface area contributed by atoms with Crippen LogP contribution in [0.4, 0.5) is 5.69 Å². The number of hydrogen-bond acceptors (Lipinski definition) is 5. The second kappa shape index (κ2) is 6.67. The number of aliphatic imine (C=N–C) groups is 1. The number of carbonyl (C=O) groups excluding carboxylic acids is 1. The maximum absolute atomic E-state index is 11.9. The fourth-order valence-corrected chi connectivity index (χ4v) is 2.60. The summed E-state index contributed by atoms with van der Waals surface area (Å²) in [5.74, 6) is -0.331. The molecule has 6 heteroatoms. The highest BCUT2D eigenvalue weighted by Crippen LogP contribution is 2.28. The Labute approximate surface area is 128 Å². The number of ether oxygens (including phenoxy) is 1. The Bertz CT molecular complexity index is 623. The van der Waals surface area contributed by atoms with Crippen LogP contribution in [0, 0.1) is 13.8 Å². The molecule has 0 aliphatic carbocycles. The lowest BCUT2D eigenvalue weighted by molar-refractivity contribution is -0.137. The topological polar surface area (TPSA) is 62.7 Å². The van der Waals surface area contributed by atoms with Crippen LogP contribution in [-0.2, 0) is 9.53 Å². The summed E-state index contributed by atoms with van der Waals surface area (Å²) in [6, 6.07) is 5.97. The Hall–Kier alpha value is -1.95. The van der Waals surface area contributed by atoms with E-state index in [-0.39, 0.29) is 5.97 Å². The molecule has 1 aliphatic heterocycles. The number of esters is 1. The molecule has 112 valence electrons. The van der Waals surface area contributed by atoms with E-state index in [0.29, 0.717) is 16.7 Å². The van der Waals surface area contributed by atoms with Gasteiger partial charge in [0.15, 0.2) is 5.17 Å². The zero-order valence-electron chi connectivity index (χ0n) is 12.6. The third-order valence-electron chi connectivity index (χ3n) is 3.16. The van der Waals surface area contributed by atoms with Crippen molar-refractivity contribution in [2.24, 2.45) is 4.99 Å². The van der Waals surface area contributed by atoms with E-state index in [1.807, 2.05) is 39.0 Å². The third kappa shape index (κ3) is 3.58. The van der Waals surface area contributed by atoms with Gasteiger partial charge in [-0.05, 0) is 56.7 Å². The SMILES string of the molecule is CCOC(=O)C1=C(C)NNC(=Nc2cccc(C)c2C)S1. The first kappa shape index (κ1) is 15.4. The van der Waals surface area contributed by atoms with Gasteiger partial charge in [-0.25, -0.2) is 9.79 Å². The van der Waals surface area contributed by atoms with E-state index in [2.05, 4.69) is 15.8 Å². The van der Waals surface area contributed by atoms with Crippen LogP contribution in [0.5, 0.6) is 0 Å². The molecule has 0 saturated heterocycles. The van der Waals surface area contributed by atoms with E-state index in [0.717, 1.165) is 16.9 Å². The lowest BCUT2D eigenvalue weighted by Crippen LogP contribution is -2.39. The molecule has 5 nitrogen and oxygen atoms in total. The van der Waals surface area contributed by atoms with Gasteiger partial charge in [-0.2, -0.15) is 0 Å². The third-order valence-corrected chi connectivity index (χ3v) is 4.22. The molecule has 0 aromatic heterocycles. The maximum Gasteiger partial charge on any atom is 0.346 e. The van der Waals surface area contributed by atoms with E-state index in [9.17, 15) is 4.79 Å². The quantitative estimate of drug-likeness (QED) is 0.841. The molecule has 1 aliphatic rings. The maximum atomic E-state index is 11.9. The summed E-state index contributed by atoms with van der Waals surface area (Å²) < 4.78 is 5.05. The van der Waals surface area contributed by atoms with Crippen LogP contribution < -0.4 is 10.9 Å². The molecule has 2 rings (SSSR count). The summed E-state index contributed by atoms with van der Waals surface area (Å²) in [5.41, 5.74) is 9.86. The van der Waals surface area contributed by atoms with E-state index >= 15 is 0 Å². The highest BCUT2D eigenvalue weighted by atomic mass is 32.2. The summed E-state index contributed by atoms with van der Waals surface area (Å²) in [6.45, 7) is 8.04. The average Bonchev–Trinajstić information content (AvgIpc) is 2.46. The van der Waals surface area contributed by atoms with Crippen molar-refractivity contribution in [1.82, 2.24) is 10.9 Å². The van der Waals surface area contributed by atoms with Crippen LogP contribution in [0.15, 0.2) is 33.8 Å². The van der Waals surface area contributed by atoms with Crippen molar-refractivity contribution in [2.75, 3.05) is 6.61 Å². The zero-order valence-corrected chi connectivity index (χ0v) is 13.4. The molecular formula is C15H19N3O2S. The molecule has 1 heterocycles. The van der Waals surface area contributed by atoms with Crippen LogP contribution in [0.1, 0.15) is 25.0 Å². The largest absolute Gasteiger partial charge is 0.462 e. The van der Waals surface area contributed by atoms with Gasteiger partial charge < -0.3 is 10.2 Å². The smallest absolute Gasteiger partial charge is 0.346 e. The molecule has 1 aromatic rings. The minimum Gasteiger partial charge on any atom is -0.462 e. The van der Waals surface area contributed by atoms with Crippen molar-refractivity contribution in [3.8, 4) is 0 Å². The highest BCUT2D eigenvalue weighted by Gasteiger charge is 2.22. The number of nitrogens with zero attached hydrogens (tertiary/aromatic N) is 1. The summed E-state index contributed by atoms with van der Waals surface area (Å²) >= 11 is 1.28. The zero-order chi connectivity index (χ0) is 15.4. The van der Waals surface area contributed by atoms with Crippen molar-refractivity contribution in [1.29, 1.82) is 0 Å². The minimum atomic E-state index is -0.331. The van der Waals surface area contributed by atoms with Crippen molar-refractivity contribution >= 4 is 28.6 Å². The molecule has 0 atom stereocenters. The van der Waals surface area contributed by atoms with Crippen LogP contribution in [-0.4, -0.2) is 17.7 Å². The Morgan fingerprint density at radius 1 is 1.29 bits per heavy atom. The summed E-state index contributed by atoms with van der Waals surface area (Å²) in [4.78, 5) is 17.0. The molecule has 2 N–H and O–H groups in total. The first-order valence-electron chi connectivity index (χ1n) is 6.75. The van der Waals surface area contributed by atoms with Crippen LogP contribution in [0.2, 0.25) is 0 Å². The van der Waals surface area contributed by atoms with Crippen molar-refractivity contribution in [3.63, 3.8) is 0 Å². The number of benzene rings is 1. The molecule has 0 fully saturated rings. The van der Waals surface area contributed by atoms with Gasteiger partial charge in [0.05, 0.1) is 12.3 Å². The number of carbonyl (C=O) groups is 1. The van der Waals surface area contributed by atoms with Crippen LogP contribution in [0.25, 0.3) is 0 Å². The molecule has 0 radical (unpaired) electrons. The summed E-state index contributed by atoms with van der Waals surface area (Å²) in [6.07, 6.45) is 0. The molecule has 0 saturated carbocycles. The lowest BCUT2D eigenvalue weighted by atomic mass is 10.1. The van der Waals surface area contributed by atoms with Crippen molar-refractivity contribution in [2.45, 2.75) is 27.7 Å². The number of hydrogen-bond donors (Lipinski definition) is 2. The molecule has 0 bridgehead atoms. The van der Waals surface area contributed by atoms with Crippen molar-refractivity contribution in [3.05, 3.63) is 39.9 Å². The highest BCUT2D eigenvalue weighted by molar-refractivity contribution is 8.17. The predicted molar refractivity (Wildman–Crippen MR) is 86.2 cm³/mol. The van der Waals surface area contributed by atoms with Gasteiger partial charge in [0.25, 0.3) is 0 Å². The molecular weight excluding hydrogens is 286 g/mol. The van der Waals surface area contributed by atoms with Crippen molar-refractivity contribution < 1.29 is 9.53 Å². The van der Waals surface area contributed by atoms with Gasteiger partial charge in [0, 0.05) is 5.70 Å². The molecule has 0 spiro atoms. The Balaban J connectivity index is 2.25. The number of aryl methyl sites for hydroxylation is 1. The Morgan fingerprint density at radius 2 is 2.05 bits per heavy atom. The van der Waals surface area contributed by atoms with E-state index in [4.69, 9.17) is 4.74 Å². The monoisotopic (exact) mass is 305 g/mol. The van der Waals surface area contributed by atoms with Crippen LogP contribution in [0.3, 0.4) is 0 Å². The van der Waals surface area contributed by atoms with Gasteiger partial charge in [-0.15, -0.1) is 0 Å². The van der Waals surface area contributed by atoms with E-state index in [1.54, 1.807) is 6.92 Å². The number of thioether (sulfide) groups is 1. The molecule has 0 unspecified atom stereocenters. The summed E-state index contributed by atoms with van der Waals surface area (Å²) in [5, 5.41) is 0.623. The number of nitrogens with one attached hydrogen (secondary N) is 2. The number of amidine groups is 1.